The smallest absolute Gasteiger partial charge is 0.322 e. The number of anilines is 1. The molecule has 1 aromatic heterocycles. The van der Waals surface area contributed by atoms with Crippen LogP contribution in [0.5, 0.6) is 11.5 Å². The lowest BCUT2D eigenvalue weighted by molar-refractivity contribution is -0.117. The lowest BCUT2D eigenvalue weighted by atomic mass is 10.2. The first-order valence-electron chi connectivity index (χ1n) is 6.58. The fraction of sp³-hybridized carbons (Fsp3) is 0.357. The molecule has 0 unspecified atom stereocenters. The highest BCUT2D eigenvalue weighted by Gasteiger charge is 2.30. The van der Waals surface area contributed by atoms with E-state index in [4.69, 9.17) is 13.9 Å². The molecule has 2 aromatic rings. The number of benzene rings is 1. The Hall–Kier alpha value is -2.57. The van der Waals surface area contributed by atoms with E-state index in [0.29, 0.717) is 17.1 Å². The maximum atomic E-state index is 11.6. The third-order valence-corrected chi connectivity index (χ3v) is 3.24. The third kappa shape index (κ3) is 2.81. The van der Waals surface area contributed by atoms with Crippen molar-refractivity contribution in [1.29, 1.82) is 0 Å². The molecule has 1 aliphatic rings. The molecule has 3 rings (SSSR count). The maximum Gasteiger partial charge on any atom is 0.322 e. The number of hydrogen-bond acceptors (Lipinski definition) is 6. The fourth-order valence-corrected chi connectivity index (χ4v) is 1.91. The van der Waals surface area contributed by atoms with Gasteiger partial charge in [0.15, 0.2) is 0 Å². The monoisotopic (exact) mass is 289 g/mol. The van der Waals surface area contributed by atoms with E-state index >= 15 is 0 Å². The first-order valence-corrected chi connectivity index (χ1v) is 6.58. The molecule has 1 saturated carbocycles. The summed E-state index contributed by atoms with van der Waals surface area (Å²) in [5.74, 6) is 1.50. The summed E-state index contributed by atoms with van der Waals surface area (Å²) in [6, 6.07) is 5.35. The number of hydrogen-bond donors (Lipinski definition) is 1. The van der Waals surface area contributed by atoms with Crippen molar-refractivity contribution in [1.82, 2.24) is 10.2 Å². The van der Waals surface area contributed by atoms with Gasteiger partial charge in [-0.1, -0.05) is 5.10 Å². The zero-order valence-electron chi connectivity index (χ0n) is 11.8. The average Bonchev–Trinajstić information content (AvgIpc) is 3.27. The molecule has 1 amide bonds. The maximum absolute atomic E-state index is 11.6. The Morgan fingerprint density at radius 3 is 2.76 bits per heavy atom. The minimum absolute atomic E-state index is 0.0769. The molecule has 0 aliphatic heterocycles. The topological polar surface area (TPSA) is 86.5 Å². The summed E-state index contributed by atoms with van der Waals surface area (Å²) in [7, 11) is 3.12. The van der Waals surface area contributed by atoms with Crippen molar-refractivity contribution in [3.63, 3.8) is 0 Å². The summed E-state index contributed by atoms with van der Waals surface area (Å²) in [5.41, 5.74) is 0.637. The van der Waals surface area contributed by atoms with E-state index in [2.05, 4.69) is 15.5 Å². The van der Waals surface area contributed by atoms with E-state index in [0.717, 1.165) is 12.8 Å². The van der Waals surface area contributed by atoms with E-state index in [-0.39, 0.29) is 23.7 Å². The lowest BCUT2D eigenvalue weighted by Gasteiger charge is -2.07. The molecule has 7 nitrogen and oxygen atoms in total. The molecule has 1 heterocycles. The third-order valence-electron chi connectivity index (χ3n) is 3.24. The van der Waals surface area contributed by atoms with E-state index in [9.17, 15) is 4.79 Å². The van der Waals surface area contributed by atoms with Gasteiger partial charge in [0.25, 0.3) is 5.89 Å². The molecule has 0 bridgehead atoms. The molecule has 1 aromatic carbocycles. The number of ether oxygens (including phenoxy) is 2. The zero-order valence-corrected chi connectivity index (χ0v) is 11.8. The van der Waals surface area contributed by atoms with Crippen molar-refractivity contribution >= 4 is 11.9 Å². The van der Waals surface area contributed by atoms with Gasteiger partial charge < -0.3 is 13.9 Å². The van der Waals surface area contributed by atoms with Gasteiger partial charge in [-0.25, -0.2) is 0 Å². The molecule has 0 atom stereocenters. The summed E-state index contributed by atoms with van der Waals surface area (Å²) < 4.78 is 15.9. The van der Waals surface area contributed by atoms with Crippen LogP contribution in [-0.2, 0) is 4.79 Å². The van der Waals surface area contributed by atoms with Gasteiger partial charge in [0.1, 0.15) is 11.5 Å². The normalized spacial score (nSPS) is 13.8. The summed E-state index contributed by atoms with van der Waals surface area (Å²) >= 11 is 0. The van der Waals surface area contributed by atoms with Crippen LogP contribution in [0.1, 0.15) is 12.8 Å². The van der Waals surface area contributed by atoms with Crippen molar-refractivity contribution < 1.29 is 18.7 Å². The standard InChI is InChI=1S/C14H15N3O4/c1-19-9-5-6-10(11(7-9)20-2)13-16-17-14(21-13)15-12(18)8-3-4-8/h5-8H,3-4H2,1-2H3,(H,15,17,18). The largest absolute Gasteiger partial charge is 0.497 e. The van der Waals surface area contributed by atoms with Crippen LogP contribution in [0, 0.1) is 5.92 Å². The van der Waals surface area contributed by atoms with Gasteiger partial charge in [-0.3, -0.25) is 10.1 Å². The molecule has 1 N–H and O–H groups in total. The average molecular weight is 289 g/mol. The zero-order chi connectivity index (χ0) is 14.8. The Labute approximate surface area is 121 Å². The van der Waals surface area contributed by atoms with Crippen molar-refractivity contribution in [2.75, 3.05) is 19.5 Å². The Morgan fingerprint density at radius 2 is 2.10 bits per heavy atom. The number of amides is 1. The highest BCUT2D eigenvalue weighted by atomic mass is 16.5. The van der Waals surface area contributed by atoms with Crippen LogP contribution >= 0.6 is 0 Å². The number of carbonyl (C=O) groups is 1. The molecule has 0 radical (unpaired) electrons. The Kier molecular flexibility index (Phi) is 3.47. The number of rotatable bonds is 5. The number of nitrogens with one attached hydrogen (secondary N) is 1. The number of aromatic nitrogens is 2. The second kappa shape index (κ2) is 5.43. The summed E-state index contributed by atoms with van der Waals surface area (Å²) in [6.45, 7) is 0. The SMILES string of the molecule is COc1ccc(-c2nnc(NC(=O)C3CC3)o2)c(OC)c1. The van der Waals surface area contributed by atoms with Crippen molar-refractivity contribution in [2.45, 2.75) is 12.8 Å². The van der Waals surface area contributed by atoms with Crippen LogP contribution in [0.3, 0.4) is 0 Å². The van der Waals surface area contributed by atoms with Gasteiger partial charge in [-0.05, 0) is 25.0 Å². The van der Waals surface area contributed by atoms with Crippen LogP contribution in [0.25, 0.3) is 11.5 Å². The van der Waals surface area contributed by atoms with Gasteiger partial charge >= 0.3 is 6.01 Å². The van der Waals surface area contributed by atoms with Crippen LogP contribution < -0.4 is 14.8 Å². The van der Waals surface area contributed by atoms with Crippen molar-refractivity contribution in [3.8, 4) is 23.0 Å². The van der Waals surface area contributed by atoms with Crippen LogP contribution in [0.15, 0.2) is 22.6 Å². The van der Waals surface area contributed by atoms with Gasteiger partial charge in [0.2, 0.25) is 5.91 Å². The van der Waals surface area contributed by atoms with E-state index in [1.165, 1.54) is 0 Å². The molecule has 21 heavy (non-hydrogen) atoms. The van der Waals surface area contributed by atoms with E-state index in [1.807, 2.05) is 0 Å². The van der Waals surface area contributed by atoms with E-state index in [1.54, 1.807) is 32.4 Å². The van der Waals surface area contributed by atoms with Gasteiger partial charge in [0.05, 0.1) is 19.8 Å². The highest BCUT2D eigenvalue weighted by molar-refractivity contribution is 5.92. The fourth-order valence-electron chi connectivity index (χ4n) is 1.91. The van der Waals surface area contributed by atoms with Crippen molar-refractivity contribution in [2.24, 2.45) is 5.92 Å². The lowest BCUT2D eigenvalue weighted by Crippen LogP contribution is -2.13. The first-order chi connectivity index (χ1) is 10.2. The summed E-state index contributed by atoms with van der Waals surface area (Å²) in [5, 5.41) is 10.4. The molecule has 7 heteroatoms. The number of nitrogens with zero attached hydrogens (tertiary/aromatic N) is 2. The second-order valence-electron chi connectivity index (χ2n) is 4.74. The van der Waals surface area contributed by atoms with E-state index < -0.39 is 0 Å². The van der Waals surface area contributed by atoms with Gasteiger partial charge in [-0.15, -0.1) is 5.10 Å². The quantitative estimate of drug-likeness (QED) is 0.907. The number of carbonyl (C=O) groups excluding carboxylic acids is 1. The van der Waals surface area contributed by atoms with Crippen molar-refractivity contribution in [3.05, 3.63) is 18.2 Å². The number of methoxy groups -OCH3 is 2. The molecule has 1 fully saturated rings. The summed E-state index contributed by atoms with van der Waals surface area (Å²) in [6.07, 6.45) is 1.83. The molecule has 0 saturated heterocycles. The van der Waals surface area contributed by atoms with Gasteiger partial charge in [0, 0.05) is 12.0 Å². The van der Waals surface area contributed by atoms with Crippen LogP contribution in [0.4, 0.5) is 6.01 Å². The molecule has 0 spiro atoms. The second-order valence-corrected chi connectivity index (χ2v) is 4.74. The Balaban J connectivity index is 1.83. The van der Waals surface area contributed by atoms with Gasteiger partial charge in [-0.2, -0.15) is 0 Å². The predicted octanol–water partition coefficient (Wildman–Crippen LogP) is 2.10. The minimum atomic E-state index is -0.0769. The Bertz CT molecular complexity index is 664. The summed E-state index contributed by atoms with van der Waals surface area (Å²) in [4.78, 5) is 11.6. The molecule has 110 valence electrons. The predicted molar refractivity (Wildman–Crippen MR) is 74.2 cm³/mol. The molecular formula is C14H15N3O4. The minimum Gasteiger partial charge on any atom is -0.497 e. The first kappa shape index (κ1) is 13.4. The molecule has 1 aliphatic carbocycles. The van der Waals surface area contributed by atoms with Crippen LogP contribution in [0.2, 0.25) is 0 Å². The molecular weight excluding hydrogens is 274 g/mol. The Morgan fingerprint density at radius 1 is 1.29 bits per heavy atom. The van der Waals surface area contributed by atoms with Crippen LogP contribution in [-0.4, -0.2) is 30.3 Å². The highest BCUT2D eigenvalue weighted by Crippen LogP contribution is 2.34.